The quantitative estimate of drug-likeness (QED) is 0.823. The van der Waals surface area contributed by atoms with Gasteiger partial charge in [0.15, 0.2) is 0 Å². The Hall–Kier alpha value is -1.48. The van der Waals surface area contributed by atoms with E-state index in [0.717, 1.165) is 4.90 Å². The van der Waals surface area contributed by atoms with E-state index in [4.69, 9.17) is 14.3 Å². The number of aromatic nitrogens is 1. The lowest BCUT2D eigenvalue weighted by molar-refractivity contribution is 0.352. The Morgan fingerprint density at radius 2 is 2.41 bits per heavy atom. The van der Waals surface area contributed by atoms with Crippen molar-refractivity contribution in [1.82, 2.24) is 9.88 Å². The molecule has 1 aromatic heterocycles. The fourth-order valence-electron chi connectivity index (χ4n) is 1.88. The highest BCUT2D eigenvalue weighted by atomic mass is 16.5. The van der Waals surface area contributed by atoms with Crippen LogP contribution in [0.4, 0.5) is 0 Å². The van der Waals surface area contributed by atoms with Gasteiger partial charge in [-0.25, -0.2) is 0 Å². The van der Waals surface area contributed by atoms with Crippen LogP contribution < -0.4 is 4.74 Å². The second-order valence-electron chi connectivity index (χ2n) is 3.97. The Labute approximate surface area is 111 Å². The SMILES string of the molecule is [2H]c1cc2c3c([nH]c2cc1OC)C([2H])([2H])CN(C)C([2H])([2H])C3([2H])[2H]. The van der Waals surface area contributed by atoms with E-state index in [1.807, 2.05) is 0 Å². The number of H-pyrrole nitrogens is 1. The molecule has 1 aromatic carbocycles. The van der Waals surface area contributed by atoms with Crippen molar-refractivity contribution in [2.75, 3.05) is 27.2 Å². The fourth-order valence-corrected chi connectivity index (χ4v) is 1.88. The fraction of sp³-hybridized carbons (Fsp3) is 0.429. The van der Waals surface area contributed by atoms with Gasteiger partial charge >= 0.3 is 0 Å². The highest BCUT2D eigenvalue weighted by Gasteiger charge is 2.16. The number of rotatable bonds is 1. The molecule has 0 amide bonds. The highest BCUT2D eigenvalue weighted by molar-refractivity contribution is 5.86. The molecule has 1 aliphatic heterocycles. The molecule has 0 atom stereocenters. The summed E-state index contributed by atoms with van der Waals surface area (Å²) in [6.45, 7) is -2.72. The average molecular weight is 237 g/mol. The smallest absolute Gasteiger partial charge is 0.120 e. The second kappa shape index (κ2) is 4.08. The highest BCUT2D eigenvalue weighted by Crippen LogP contribution is 2.28. The van der Waals surface area contributed by atoms with Gasteiger partial charge in [0.1, 0.15) is 5.75 Å². The van der Waals surface area contributed by atoms with Crippen molar-refractivity contribution in [2.24, 2.45) is 0 Å². The van der Waals surface area contributed by atoms with E-state index in [1.165, 1.54) is 26.3 Å². The van der Waals surface area contributed by atoms with Gasteiger partial charge in [-0.15, -0.1) is 0 Å². The lowest BCUT2D eigenvalue weighted by Crippen LogP contribution is -2.21. The van der Waals surface area contributed by atoms with E-state index in [0.29, 0.717) is 10.9 Å². The Bertz CT molecular complexity index is 815. The third-order valence-corrected chi connectivity index (χ3v) is 2.79. The summed E-state index contributed by atoms with van der Waals surface area (Å²) in [7, 11) is 2.78. The van der Waals surface area contributed by atoms with Crippen LogP contribution in [-0.4, -0.2) is 37.1 Å². The van der Waals surface area contributed by atoms with Crippen molar-refractivity contribution in [3.63, 3.8) is 0 Å². The molecule has 0 unspecified atom stereocenters. The maximum Gasteiger partial charge on any atom is 0.120 e. The van der Waals surface area contributed by atoms with Crippen molar-refractivity contribution in [1.29, 1.82) is 0 Å². The summed E-state index contributed by atoms with van der Waals surface area (Å²) in [5.41, 5.74) is 0.345. The van der Waals surface area contributed by atoms with Crippen LogP contribution in [0.1, 0.15) is 20.9 Å². The average Bonchev–Trinajstić information content (AvgIpc) is 2.83. The number of likely N-dealkylation sites (N-methyl/N-ethyl adjacent to an activating group) is 1. The van der Waals surface area contributed by atoms with Crippen LogP contribution in [0.5, 0.6) is 5.75 Å². The van der Waals surface area contributed by atoms with Gasteiger partial charge in [-0.3, -0.25) is 0 Å². The van der Waals surface area contributed by atoms with Gasteiger partial charge in [-0.2, -0.15) is 0 Å². The van der Waals surface area contributed by atoms with Crippen molar-refractivity contribution in [3.8, 4) is 5.75 Å². The number of aryl methyl sites for hydroxylation is 1. The van der Waals surface area contributed by atoms with Crippen LogP contribution in [0.2, 0.25) is 0 Å². The molecule has 1 N–H and O–H groups in total. The van der Waals surface area contributed by atoms with Crippen molar-refractivity contribution in [2.45, 2.75) is 12.7 Å². The lowest BCUT2D eigenvalue weighted by atomic mass is 10.1. The Balaban J connectivity index is 2.43. The molecule has 0 radical (unpaired) electrons. The molecule has 2 heterocycles. The third-order valence-electron chi connectivity index (χ3n) is 2.79. The van der Waals surface area contributed by atoms with E-state index < -0.39 is 19.2 Å². The summed E-state index contributed by atoms with van der Waals surface area (Å²) in [5, 5.41) is 0.295. The van der Waals surface area contributed by atoms with Gasteiger partial charge in [0.05, 0.1) is 8.48 Å². The Morgan fingerprint density at radius 1 is 1.53 bits per heavy atom. The number of nitrogens with zero attached hydrogens (tertiary/aromatic N) is 1. The summed E-state index contributed by atoms with van der Waals surface area (Å²) in [4.78, 5) is 3.94. The second-order valence-corrected chi connectivity index (χ2v) is 3.97. The lowest BCUT2D eigenvalue weighted by Gasteiger charge is -2.11. The molecule has 0 saturated carbocycles. The van der Waals surface area contributed by atoms with Gasteiger partial charge in [-0.05, 0) is 31.1 Å². The summed E-state index contributed by atoms with van der Waals surface area (Å²) >= 11 is 0. The zero-order valence-electron chi connectivity index (χ0n) is 16.7. The number of fused-ring (bicyclic) bond motifs is 3. The Kier molecular flexibility index (Phi) is 1.30. The van der Waals surface area contributed by atoms with Gasteiger partial charge < -0.3 is 14.6 Å². The molecule has 90 valence electrons. The number of benzene rings is 1. The van der Waals surface area contributed by atoms with E-state index in [2.05, 4.69) is 4.98 Å². The maximum absolute atomic E-state index is 8.40. The Morgan fingerprint density at radius 3 is 3.24 bits per heavy atom. The zero-order chi connectivity index (χ0) is 18.1. The van der Waals surface area contributed by atoms with E-state index in [1.54, 1.807) is 0 Å². The molecule has 0 fully saturated rings. The molecule has 3 nitrogen and oxygen atoms in total. The number of aromatic amines is 1. The molecule has 0 saturated heterocycles. The molecule has 17 heavy (non-hydrogen) atoms. The van der Waals surface area contributed by atoms with Crippen LogP contribution in [0.15, 0.2) is 18.2 Å². The van der Waals surface area contributed by atoms with Crippen LogP contribution in [0, 0.1) is 0 Å². The molecule has 0 spiro atoms. The normalized spacial score (nSPS) is 31.8. The number of hydrogen-bond donors (Lipinski definition) is 1. The van der Waals surface area contributed by atoms with Gasteiger partial charge in [0, 0.05) is 50.3 Å². The summed E-state index contributed by atoms with van der Waals surface area (Å²) in [6.07, 6.45) is -4.45. The number of nitrogens with one attached hydrogen (secondary N) is 1. The third kappa shape index (κ3) is 1.80. The molecule has 3 heteroatoms. The summed E-state index contributed by atoms with van der Waals surface area (Å²) < 4.78 is 62.8. The predicted octanol–water partition coefficient (Wildman–Crippen LogP) is 2.21. The van der Waals surface area contributed by atoms with Crippen molar-refractivity contribution < 1.29 is 14.3 Å². The summed E-state index contributed by atoms with van der Waals surface area (Å²) in [6, 6.07) is 2.93. The van der Waals surface area contributed by atoms with Crippen molar-refractivity contribution in [3.05, 3.63) is 29.4 Å². The standard InChI is InChI=1S/C14H18N2O/c1-16-7-5-12-11-4-3-10(17-2)9-14(11)15-13(12)6-8-16/h3-4,9,15H,5-8H2,1-2H3/i3D,5D2,6D2,7D2. The first-order valence-corrected chi connectivity index (χ1v) is 5.36. The maximum atomic E-state index is 8.40. The van der Waals surface area contributed by atoms with Gasteiger partial charge in [0.25, 0.3) is 0 Å². The molecule has 3 rings (SSSR count). The van der Waals surface area contributed by atoms with Crippen LogP contribution >= 0.6 is 0 Å². The van der Waals surface area contributed by atoms with E-state index >= 15 is 0 Å². The monoisotopic (exact) mass is 237 g/mol. The van der Waals surface area contributed by atoms with Crippen molar-refractivity contribution >= 4 is 10.9 Å². The molecular formula is C14H18N2O. The molecule has 1 aliphatic rings. The molecule has 0 aliphatic carbocycles. The van der Waals surface area contributed by atoms with E-state index in [-0.39, 0.29) is 29.6 Å². The van der Waals surface area contributed by atoms with E-state index in [9.17, 15) is 0 Å². The minimum Gasteiger partial charge on any atom is -0.497 e. The molecular weight excluding hydrogens is 212 g/mol. The minimum atomic E-state index is -2.47. The number of hydrogen-bond acceptors (Lipinski definition) is 2. The predicted molar refractivity (Wildman–Crippen MR) is 69.8 cm³/mol. The molecule has 2 aromatic rings. The first-order chi connectivity index (χ1) is 10.9. The van der Waals surface area contributed by atoms with Gasteiger partial charge in [0.2, 0.25) is 0 Å². The minimum absolute atomic E-state index is 0.00313. The van der Waals surface area contributed by atoms with Crippen LogP contribution in [0.3, 0.4) is 0 Å². The largest absolute Gasteiger partial charge is 0.497 e. The first-order valence-electron chi connectivity index (χ1n) is 8.86. The van der Waals surface area contributed by atoms with Crippen LogP contribution in [0.25, 0.3) is 10.9 Å². The first kappa shape index (κ1) is 5.44. The summed E-state index contributed by atoms with van der Waals surface area (Å²) in [5.74, 6) is 0.278. The van der Waals surface area contributed by atoms with Gasteiger partial charge in [-0.1, -0.05) is 0 Å². The topological polar surface area (TPSA) is 28.3 Å². The van der Waals surface area contributed by atoms with Crippen LogP contribution in [-0.2, 0) is 12.7 Å². The molecule has 0 bridgehead atoms. The zero-order valence-corrected chi connectivity index (χ0v) is 9.72. The number of methoxy groups -OCH3 is 1. The number of ether oxygens (including phenoxy) is 1.